The summed E-state index contributed by atoms with van der Waals surface area (Å²) < 4.78 is 6.80. The molecule has 0 bridgehead atoms. The molecule has 15 heavy (non-hydrogen) atoms. The van der Waals surface area contributed by atoms with Crippen LogP contribution in [0.1, 0.15) is 5.56 Å². The van der Waals surface area contributed by atoms with Gasteiger partial charge in [0.25, 0.3) is 0 Å². The highest BCUT2D eigenvalue weighted by molar-refractivity contribution is 7.98. The van der Waals surface area contributed by atoms with Crippen molar-refractivity contribution in [3.8, 4) is 0 Å². The summed E-state index contributed by atoms with van der Waals surface area (Å²) in [4.78, 5) is 21.5. The molecule has 1 aromatic carbocycles. The molecule has 0 aliphatic heterocycles. The smallest absolute Gasteiger partial charge is 0.210 e. The average Bonchev–Trinajstić information content (AvgIpc) is 2.23. The van der Waals surface area contributed by atoms with Crippen LogP contribution in [0.3, 0.4) is 0 Å². The third-order valence-corrected chi connectivity index (χ3v) is 2.63. The van der Waals surface area contributed by atoms with Gasteiger partial charge < -0.3 is 0 Å². The summed E-state index contributed by atoms with van der Waals surface area (Å²) in [5.74, 6) is 0. The number of aryl methyl sites for hydroxylation is 1. The summed E-state index contributed by atoms with van der Waals surface area (Å²) in [6.07, 6.45) is 2.89. The van der Waals surface area contributed by atoms with Gasteiger partial charge in [0.2, 0.25) is 12.2 Å². The molecule has 0 radical (unpaired) electrons. The van der Waals surface area contributed by atoms with Gasteiger partial charge in [-0.25, -0.2) is 9.59 Å². The second-order valence-corrected chi connectivity index (χ2v) is 4.20. The van der Waals surface area contributed by atoms with Gasteiger partial charge in [0, 0.05) is 33.7 Å². The van der Waals surface area contributed by atoms with Crippen LogP contribution in [0.2, 0.25) is 0 Å². The first-order chi connectivity index (χ1) is 7.26. The molecule has 0 saturated carbocycles. The van der Waals surface area contributed by atoms with E-state index in [0.717, 1.165) is 39.3 Å². The third-order valence-electron chi connectivity index (χ3n) is 1.40. The van der Waals surface area contributed by atoms with Crippen molar-refractivity contribution in [3.63, 3.8) is 0 Å². The molecule has 0 unspecified atom stereocenters. The standard InChI is InChI=1S/C9H6N2O2S2/c1-7-2-8(14-10-5-12)4-9(3-7)15-11-6-13/h2-4H,1H3. The fourth-order valence-corrected chi connectivity index (χ4v) is 2.16. The zero-order valence-corrected chi connectivity index (χ0v) is 9.39. The van der Waals surface area contributed by atoms with Crippen LogP contribution in [-0.2, 0) is 9.59 Å². The Morgan fingerprint density at radius 2 is 1.47 bits per heavy atom. The number of carbonyl (C=O) groups excluding carboxylic acids is 2. The van der Waals surface area contributed by atoms with Gasteiger partial charge in [-0.2, -0.15) is 0 Å². The average molecular weight is 238 g/mol. The van der Waals surface area contributed by atoms with E-state index in [0.29, 0.717) is 0 Å². The van der Waals surface area contributed by atoms with Gasteiger partial charge in [0.05, 0.1) is 0 Å². The van der Waals surface area contributed by atoms with Crippen LogP contribution in [-0.4, -0.2) is 12.2 Å². The Labute approximate surface area is 95.2 Å². The maximum absolute atomic E-state index is 9.93. The lowest BCUT2D eigenvalue weighted by molar-refractivity contribution is 0.565. The zero-order chi connectivity index (χ0) is 11.1. The Morgan fingerprint density at radius 1 is 1.00 bits per heavy atom. The van der Waals surface area contributed by atoms with E-state index in [1.165, 1.54) is 12.2 Å². The van der Waals surface area contributed by atoms with E-state index in [4.69, 9.17) is 0 Å². The number of isocyanates is 2. The number of hydrogen-bond acceptors (Lipinski definition) is 6. The van der Waals surface area contributed by atoms with Crippen molar-refractivity contribution in [2.24, 2.45) is 8.80 Å². The summed E-state index contributed by atoms with van der Waals surface area (Å²) in [6, 6.07) is 5.53. The van der Waals surface area contributed by atoms with Crippen molar-refractivity contribution in [2.45, 2.75) is 16.7 Å². The van der Waals surface area contributed by atoms with Crippen LogP contribution >= 0.6 is 23.9 Å². The van der Waals surface area contributed by atoms with E-state index in [1.807, 2.05) is 19.1 Å². The van der Waals surface area contributed by atoms with Gasteiger partial charge in [-0.15, -0.1) is 8.80 Å². The number of benzene rings is 1. The lowest BCUT2D eigenvalue weighted by Crippen LogP contribution is -1.77. The molecule has 0 saturated heterocycles. The molecule has 0 atom stereocenters. The Hall–Kier alpha value is -1.32. The maximum Gasteiger partial charge on any atom is 0.247 e. The first-order valence-electron chi connectivity index (χ1n) is 3.86. The van der Waals surface area contributed by atoms with Crippen molar-refractivity contribution in [3.05, 3.63) is 23.8 Å². The SMILES string of the molecule is Cc1cc(SN=C=O)cc(SN=C=O)c1. The fraction of sp³-hybridized carbons (Fsp3) is 0.111. The highest BCUT2D eigenvalue weighted by Gasteiger charge is 1.99. The van der Waals surface area contributed by atoms with Crippen molar-refractivity contribution in [1.29, 1.82) is 0 Å². The fourth-order valence-electron chi connectivity index (χ4n) is 0.962. The van der Waals surface area contributed by atoms with E-state index in [2.05, 4.69) is 8.80 Å². The minimum absolute atomic E-state index is 0.807. The van der Waals surface area contributed by atoms with Crippen LogP contribution in [0.5, 0.6) is 0 Å². The zero-order valence-electron chi connectivity index (χ0n) is 7.76. The van der Waals surface area contributed by atoms with E-state index in [-0.39, 0.29) is 0 Å². The highest BCUT2D eigenvalue weighted by Crippen LogP contribution is 2.27. The van der Waals surface area contributed by atoms with Crippen molar-refractivity contribution >= 4 is 36.1 Å². The topological polar surface area (TPSA) is 58.9 Å². The predicted octanol–water partition coefficient (Wildman–Crippen LogP) is 2.68. The van der Waals surface area contributed by atoms with Gasteiger partial charge in [0.1, 0.15) is 0 Å². The molecule has 0 fully saturated rings. The first kappa shape index (κ1) is 11.8. The molecule has 0 amide bonds. The van der Waals surface area contributed by atoms with Gasteiger partial charge in [-0.05, 0) is 30.7 Å². The Bertz CT molecular complexity index is 411. The first-order valence-corrected chi connectivity index (χ1v) is 5.41. The molecule has 4 nitrogen and oxygen atoms in total. The summed E-state index contributed by atoms with van der Waals surface area (Å²) in [7, 11) is 0. The molecule has 0 aromatic heterocycles. The van der Waals surface area contributed by atoms with Gasteiger partial charge in [-0.1, -0.05) is 0 Å². The molecule has 0 aliphatic carbocycles. The minimum Gasteiger partial charge on any atom is -0.210 e. The summed E-state index contributed by atoms with van der Waals surface area (Å²) in [6.45, 7) is 1.91. The summed E-state index contributed by atoms with van der Waals surface area (Å²) in [5, 5.41) is 0. The largest absolute Gasteiger partial charge is 0.247 e. The Balaban J connectivity index is 2.93. The van der Waals surface area contributed by atoms with Crippen molar-refractivity contribution in [1.82, 2.24) is 0 Å². The molecule has 0 aliphatic rings. The van der Waals surface area contributed by atoms with Gasteiger partial charge in [-0.3, -0.25) is 0 Å². The summed E-state index contributed by atoms with van der Waals surface area (Å²) in [5.41, 5.74) is 1.00. The monoisotopic (exact) mass is 238 g/mol. The molecular weight excluding hydrogens is 232 g/mol. The van der Waals surface area contributed by atoms with Crippen LogP contribution in [0.25, 0.3) is 0 Å². The predicted molar refractivity (Wildman–Crippen MR) is 59.1 cm³/mol. The van der Waals surface area contributed by atoms with Gasteiger partial charge >= 0.3 is 0 Å². The van der Waals surface area contributed by atoms with Crippen LogP contribution in [0.4, 0.5) is 0 Å². The van der Waals surface area contributed by atoms with Crippen LogP contribution in [0.15, 0.2) is 36.8 Å². The molecule has 0 N–H and O–H groups in total. The lowest BCUT2D eigenvalue weighted by Gasteiger charge is -2.00. The number of hydrogen-bond donors (Lipinski definition) is 0. The van der Waals surface area contributed by atoms with E-state index >= 15 is 0 Å². The molecule has 76 valence electrons. The van der Waals surface area contributed by atoms with Crippen LogP contribution in [0, 0.1) is 6.92 Å². The number of nitrogens with zero attached hydrogens (tertiary/aromatic N) is 2. The quantitative estimate of drug-likeness (QED) is 0.459. The normalized spacial score (nSPS) is 8.87. The molecule has 6 heteroatoms. The maximum atomic E-state index is 9.93. The second-order valence-electron chi connectivity index (χ2n) is 2.53. The molecule has 1 aromatic rings. The lowest BCUT2D eigenvalue weighted by atomic mass is 10.2. The van der Waals surface area contributed by atoms with E-state index < -0.39 is 0 Å². The molecule has 0 spiro atoms. The van der Waals surface area contributed by atoms with Gasteiger partial charge in [0.15, 0.2) is 0 Å². The summed E-state index contributed by atoms with van der Waals surface area (Å²) >= 11 is 2.06. The second kappa shape index (κ2) is 6.22. The number of rotatable bonds is 4. The highest BCUT2D eigenvalue weighted by atomic mass is 32.2. The van der Waals surface area contributed by atoms with Crippen molar-refractivity contribution in [2.75, 3.05) is 0 Å². The molecule has 0 heterocycles. The third kappa shape index (κ3) is 4.14. The van der Waals surface area contributed by atoms with E-state index in [1.54, 1.807) is 6.07 Å². The minimum atomic E-state index is 0.807. The molecule has 1 rings (SSSR count). The Kier molecular flexibility index (Phi) is 4.87. The van der Waals surface area contributed by atoms with Crippen molar-refractivity contribution < 1.29 is 9.59 Å². The Morgan fingerprint density at radius 3 is 1.87 bits per heavy atom. The van der Waals surface area contributed by atoms with E-state index in [9.17, 15) is 9.59 Å². The van der Waals surface area contributed by atoms with Crippen LogP contribution < -0.4 is 0 Å². The molecular formula is C9H6N2O2S2.